The van der Waals surface area contributed by atoms with Gasteiger partial charge in [0.15, 0.2) is 0 Å². The molecule has 3 nitrogen and oxygen atoms in total. The molecule has 0 saturated carbocycles. The van der Waals surface area contributed by atoms with Gasteiger partial charge in [-0.15, -0.1) is 0 Å². The van der Waals surface area contributed by atoms with E-state index in [-0.39, 0.29) is 11.5 Å². The number of aryl methyl sites for hydroxylation is 2. The minimum atomic E-state index is -0.275. The van der Waals surface area contributed by atoms with E-state index in [1.165, 1.54) is 12.1 Å². The topological polar surface area (TPSA) is 37.8 Å². The van der Waals surface area contributed by atoms with Crippen LogP contribution in [0.25, 0.3) is 11.0 Å². The molecule has 1 aromatic carbocycles. The fraction of sp³-hybridized carbons (Fsp3) is 0.300. The number of halogens is 1. The van der Waals surface area contributed by atoms with Gasteiger partial charge in [-0.3, -0.25) is 4.57 Å². The molecule has 2 aromatic rings. The van der Waals surface area contributed by atoms with Crippen LogP contribution in [0.4, 0.5) is 4.39 Å². The molecule has 0 saturated heterocycles. The van der Waals surface area contributed by atoms with Crippen molar-refractivity contribution in [3.8, 4) is 0 Å². The third kappa shape index (κ3) is 0.880. The minimum Gasteiger partial charge on any atom is -0.305 e. The van der Waals surface area contributed by atoms with Crippen LogP contribution in [0.5, 0.6) is 0 Å². The van der Waals surface area contributed by atoms with Crippen LogP contribution in [0.15, 0.2) is 16.9 Å². The van der Waals surface area contributed by atoms with Crippen LogP contribution in [-0.4, -0.2) is 9.55 Å². The fourth-order valence-electron chi connectivity index (χ4n) is 2.19. The maximum absolute atomic E-state index is 13.1. The van der Waals surface area contributed by atoms with Crippen molar-refractivity contribution >= 4 is 11.0 Å². The molecular weight excluding hydrogens is 183 g/mol. The Morgan fingerprint density at radius 3 is 3.14 bits per heavy atom. The van der Waals surface area contributed by atoms with Gasteiger partial charge in [0.2, 0.25) is 0 Å². The number of hydrogen-bond acceptors (Lipinski definition) is 1. The Labute approximate surface area is 79.2 Å². The van der Waals surface area contributed by atoms with Gasteiger partial charge in [0.1, 0.15) is 5.82 Å². The summed E-state index contributed by atoms with van der Waals surface area (Å²) in [6.45, 7) is 0.734. The van der Waals surface area contributed by atoms with Crippen LogP contribution in [0, 0.1) is 5.82 Å². The molecule has 4 heteroatoms. The first kappa shape index (κ1) is 7.79. The van der Waals surface area contributed by atoms with E-state index >= 15 is 0 Å². The number of imidazole rings is 1. The van der Waals surface area contributed by atoms with Gasteiger partial charge in [-0.2, -0.15) is 0 Å². The maximum Gasteiger partial charge on any atom is 0.326 e. The van der Waals surface area contributed by atoms with E-state index < -0.39 is 0 Å². The lowest BCUT2D eigenvalue weighted by Gasteiger charge is -2.13. The van der Waals surface area contributed by atoms with E-state index in [2.05, 4.69) is 4.98 Å². The van der Waals surface area contributed by atoms with E-state index in [0.29, 0.717) is 5.52 Å². The van der Waals surface area contributed by atoms with Crippen molar-refractivity contribution in [1.82, 2.24) is 9.55 Å². The molecule has 0 bridgehead atoms. The number of rotatable bonds is 0. The molecular formula is C10H9FN2O. The monoisotopic (exact) mass is 192 g/mol. The van der Waals surface area contributed by atoms with Crippen molar-refractivity contribution in [2.75, 3.05) is 0 Å². The van der Waals surface area contributed by atoms with Crippen LogP contribution in [0.1, 0.15) is 12.0 Å². The molecule has 72 valence electrons. The summed E-state index contributed by atoms with van der Waals surface area (Å²) in [4.78, 5) is 14.1. The van der Waals surface area contributed by atoms with Crippen molar-refractivity contribution < 1.29 is 4.39 Å². The highest BCUT2D eigenvalue weighted by molar-refractivity contribution is 5.79. The predicted molar refractivity (Wildman–Crippen MR) is 50.8 cm³/mol. The lowest BCUT2D eigenvalue weighted by atomic mass is 10.0. The summed E-state index contributed by atoms with van der Waals surface area (Å²) in [5.74, 6) is -0.275. The van der Waals surface area contributed by atoms with E-state index in [9.17, 15) is 9.18 Å². The van der Waals surface area contributed by atoms with Gasteiger partial charge < -0.3 is 4.98 Å². The summed E-state index contributed by atoms with van der Waals surface area (Å²) in [6.07, 6.45) is 1.76. The van der Waals surface area contributed by atoms with E-state index in [0.717, 1.165) is 30.5 Å². The molecule has 0 aliphatic carbocycles. The van der Waals surface area contributed by atoms with Crippen molar-refractivity contribution in [2.24, 2.45) is 0 Å². The molecule has 1 N–H and O–H groups in total. The van der Waals surface area contributed by atoms with Crippen molar-refractivity contribution in [3.63, 3.8) is 0 Å². The largest absolute Gasteiger partial charge is 0.326 e. The number of H-pyrrole nitrogens is 1. The van der Waals surface area contributed by atoms with Crippen LogP contribution in [0.3, 0.4) is 0 Å². The van der Waals surface area contributed by atoms with Gasteiger partial charge in [0.25, 0.3) is 0 Å². The quantitative estimate of drug-likeness (QED) is 0.673. The fourth-order valence-corrected chi connectivity index (χ4v) is 2.19. The van der Waals surface area contributed by atoms with Crippen molar-refractivity contribution in [1.29, 1.82) is 0 Å². The molecule has 14 heavy (non-hydrogen) atoms. The summed E-state index contributed by atoms with van der Waals surface area (Å²) in [7, 11) is 0. The van der Waals surface area contributed by atoms with Gasteiger partial charge in [-0.1, -0.05) is 0 Å². The van der Waals surface area contributed by atoms with Crippen LogP contribution < -0.4 is 5.69 Å². The molecule has 0 atom stereocenters. The molecule has 0 fully saturated rings. The lowest BCUT2D eigenvalue weighted by Crippen LogP contribution is -2.20. The van der Waals surface area contributed by atoms with Crippen LogP contribution in [-0.2, 0) is 13.0 Å². The molecule has 0 radical (unpaired) electrons. The lowest BCUT2D eigenvalue weighted by molar-refractivity contribution is 0.602. The summed E-state index contributed by atoms with van der Waals surface area (Å²) in [5, 5.41) is 0. The summed E-state index contributed by atoms with van der Waals surface area (Å²) in [5.41, 5.74) is 2.29. The van der Waals surface area contributed by atoms with Gasteiger partial charge in [0, 0.05) is 6.54 Å². The van der Waals surface area contributed by atoms with E-state index in [1.54, 1.807) is 4.57 Å². The average molecular weight is 192 g/mol. The summed E-state index contributed by atoms with van der Waals surface area (Å²) in [6, 6.07) is 2.90. The number of aromatic nitrogens is 2. The van der Waals surface area contributed by atoms with Crippen molar-refractivity contribution in [2.45, 2.75) is 19.4 Å². The van der Waals surface area contributed by atoms with Gasteiger partial charge in [-0.25, -0.2) is 9.18 Å². The van der Waals surface area contributed by atoms with Gasteiger partial charge in [-0.05, 0) is 30.5 Å². The Hall–Kier alpha value is -1.58. The second-order valence-electron chi connectivity index (χ2n) is 3.65. The smallest absolute Gasteiger partial charge is 0.305 e. The average Bonchev–Trinajstić information content (AvgIpc) is 2.45. The Bertz CT molecular complexity index is 567. The van der Waals surface area contributed by atoms with E-state index in [1.807, 2.05) is 0 Å². The second-order valence-corrected chi connectivity index (χ2v) is 3.65. The first-order chi connectivity index (χ1) is 6.75. The van der Waals surface area contributed by atoms with Crippen molar-refractivity contribution in [3.05, 3.63) is 34.0 Å². The number of nitrogens with zero attached hydrogens (tertiary/aromatic N) is 1. The minimum absolute atomic E-state index is 0.133. The van der Waals surface area contributed by atoms with Crippen LogP contribution in [0.2, 0.25) is 0 Å². The standard InChI is InChI=1S/C10H9FN2O/c11-7-4-6-2-1-3-13-9(6)8(5-7)12-10(13)14/h4-5H,1-3H2,(H,12,14). The second kappa shape index (κ2) is 2.47. The maximum atomic E-state index is 13.1. The molecule has 1 aromatic heterocycles. The molecule has 1 aliphatic rings. The zero-order chi connectivity index (χ0) is 9.71. The number of nitrogens with one attached hydrogen (secondary N) is 1. The third-order valence-corrected chi connectivity index (χ3v) is 2.74. The highest BCUT2D eigenvalue weighted by atomic mass is 19.1. The van der Waals surface area contributed by atoms with Crippen LogP contribution >= 0.6 is 0 Å². The Morgan fingerprint density at radius 1 is 1.43 bits per heavy atom. The predicted octanol–water partition coefficient (Wildman–Crippen LogP) is 1.41. The Kier molecular flexibility index (Phi) is 1.37. The van der Waals surface area contributed by atoms with Gasteiger partial charge >= 0.3 is 5.69 Å². The number of hydrogen-bond donors (Lipinski definition) is 1. The molecule has 0 amide bonds. The molecule has 3 rings (SSSR count). The highest BCUT2D eigenvalue weighted by Gasteiger charge is 2.16. The molecule has 2 heterocycles. The Balaban J connectivity index is 2.55. The van der Waals surface area contributed by atoms with Gasteiger partial charge in [0.05, 0.1) is 11.0 Å². The summed E-state index contributed by atoms with van der Waals surface area (Å²) < 4.78 is 14.8. The first-order valence-corrected chi connectivity index (χ1v) is 4.66. The zero-order valence-corrected chi connectivity index (χ0v) is 7.51. The normalized spacial score (nSPS) is 14.9. The zero-order valence-electron chi connectivity index (χ0n) is 7.51. The highest BCUT2D eigenvalue weighted by Crippen LogP contribution is 2.23. The molecule has 0 unspecified atom stereocenters. The SMILES string of the molecule is O=c1[nH]c2cc(F)cc3c2n1CCC3. The summed E-state index contributed by atoms with van der Waals surface area (Å²) >= 11 is 0. The number of aromatic amines is 1. The first-order valence-electron chi connectivity index (χ1n) is 4.66. The molecule has 0 spiro atoms. The molecule has 1 aliphatic heterocycles. The number of benzene rings is 1. The third-order valence-electron chi connectivity index (χ3n) is 2.74. The van der Waals surface area contributed by atoms with E-state index in [4.69, 9.17) is 0 Å². The Morgan fingerprint density at radius 2 is 2.29 bits per heavy atom.